The SMILES string of the molecule is CC(C)(C(NN)c1cncnc1)S(C)(=O)=O. The summed E-state index contributed by atoms with van der Waals surface area (Å²) in [5.74, 6) is 5.42. The minimum atomic E-state index is -3.26. The highest BCUT2D eigenvalue weighted by Crippen LogP contribution is 2.30. The molecule has 0 saturated carbocycles. The normalized spacial score (nSPS) is 14.8. The van der Waals surface area contributed by atoms with Gasteiger partial charge in [-0.1, -0.05) is 0 Å². The smallest absolute Gasteiger partial charge is 0.154 e. The summed E-state index contributed by atoms with van der Waals surface area (Å²) in [5.41, 5.74) is 3.15. The Morgan fingerprint density at radius 3 is 2.25 bits per heavy atom. The summed E-state index contributed by atoms with van der Waals surface area (Å²) < 4.78 is 22.3. The molecule has 1 rings (SSSR count). The maximum Gasteiger partial charge on any atom is 0.154 e. The van der Waals surface area contributed by atoms with E-state index < -0.39 is 20.6 Å². The molecule has 1 aromatic rings. The van der Waals surface area contributed by atoms with Crippen molar-refractivity contribution >= 4 is 9.84 Å². The fourth-order valence-corrected chi connectivity index (χ4v) is 2.00. The molecule has 1 unspecified atom stereocenters. The van der Waals surface area contributed by atoms with Gasteiger partial charge in [-0.25, -0.2) is 18.4 Å². The van der Waals surface area contributed by atoms with Gasteiger partial charge in [-0.05, 0) is 13.8 Å². The summed E-state index contributed by atoms with van der Waals surface area (Å²) in [6.45, 7) is 3.22. The highest BCUT2D eigenvalue weighted by Gasteiger charge is 2.39. The largest absolute Gasteiger partial charge is 0.271 e. The van der Waals surface area contributed by atoms with Gasteiger partial charge in [-0.15, -0.1) is 0 Å². The summed E-state index contributed by atoms with van der Waals surface area (Å²) in [7, 11) is -3.26. The number of rotatable bonds is 4. The first-order valence-corrected chi connectivity index (χ1v) is 6.60. The van der Waals surface area contributed by atoms with Gasteiger partial charge >= 0.3 is 0 Å². The Morgan fingerprint density at radius 1 is 1.38 bits per heavy atom. The van der Waals surface area contributed by atoms with Gasteiger partial charge in [0.05, 0.1) is 10.8 Å². The average molecular weight is 244 g/mol. The number of hydrogen-bond acceptors (Lipinski definition) is 6. The lowest BCUT2D eigenvalue weighted by atomic mass is 9.98. The Kier molecular flexibility index (Phi) is 3.61. The van der Waals surface area contributed by atoms with Crippen LogP contribution in [0.25, 0.3) is 0 Å². The Morgan fingerprint density at radius 2 is 1.88 bits per heavy atom. The second kappa shape index (κ2) is 4.44. The number of aromatic nitrogens is 2. The Bertz CT molecular complexity index is 444. The zero-order valence-electron chi connectivity index (χ0n) is 9.51. The monoisotopic (exact) mass is 244 g/mol. The lowest BCUT2D eigenvalue weighted by molar-refractivity contribution is 0.426. The minimum absolute atomic E-state index is 0.552. The van der Waals surface area contributed by atoms with Crippen molar-refractivity contribution in [3.8, 4) is 0 Å². The van der Waals surface area contributed by atoms with Crippen molar-refractivity contribution in [3.63, 3.8) is 0 Å². The van der Waals surface area contributed by atoms with Gasteiger partial charge in [0.1, 0.15) is 6.33 Å². The molecule has 1 aromatic heterocycles. The molecule has 0 aliphatic rings. The molecule has 3 N–H and O–H groups in total. The van der Waals surface area contributed by atoms with Crippen LogP contribution in [-0.2, 0) is 9.84 Å². The molecule has 0 aliphatic heterocycles. The molecule has 0 fully saturated rings. The van der Waals surface area contributed by atoms with Crippen molar-refractivity contribution in [1.82, 2.24) is 15.4 Å². The van der Waals surface area contributed by atoms with Crippen molar-refractivity contribution in [3.05, 3.63) is 24.3 Å². The van der Waals surface area contributed by atoms with Gasteiger partial charge in [0.25, 0.3) is 0 Å². The zero-order chi connectivity index (χ0) is 12.4. The van der Waals surface area contributed by atoms with Crippen LogP contribution in [-0.4, -0.2) is 29.4 Å². The van der Waals surface area contributed by atoms with E-state index >= 15 is 0 Å². The number of hydrazine groups is 1. The van der Waals surface area contributed by atoms with E-state index in [0.717, 1.165) is 0 Å². The lowest BCUT2D eigenvalue weighted by Crippen LogP contribution is -2.47. The van der Waals surface area contributed by atoms with Crippen LogP contribution in [0.4, 0.5) is 0 Å². The summed E-state index contributed by atoms with van der Waals surface area (Å²) in [5, 5.41) is 0. The van der Waals surface area contributed by atoms with Crippen LogP contribution in [0.5, 0.6) is 0 Å². The summed E-state index contributed by atoms with van der Waals surface area (Å²) >= 11 is 0. The van der Waals surface area contributed by atoms with E-state index in [2.05, 4.69) is 15.4 Å². The predicted octanol–water partition coefficient (Wildman–Crippen LogP) is -0.196. The molecule has 6 nitrogen and oxygen atoms in total. The molecule has 90 valence electrons. The number of hydrogen-bond donors (Lipinski definition) is 2. The van der Waals surface area contributed by atoms with E-state index in [4.69, 9.17) is 5.84 Å². The van der Waals surface area contributed by atoms with E-state index in [1.807, 2.05) is 0 Å². The molecular formula is C9H16N4O2S. The maximum atomic E-state index is 11.7. The quantitative estimate of drug-likeness (QED) is 0.562. The summed E-state index contributed by atoms with van der Waals surface area (Å²) in [4.78, 5) is 7.70. The van der Waals surface area contributed by atoms with Crippen molar-refractivity contribution in [2.24, 2.45) is 5.84 Å². The second-order valence-electron chi connectivity index (χ2n) is 4.15. The molecule has 1 atom stereocenters. The topological polar surface area (TPSA) is 98.0 Å². The molecule has 0 amide bonds. The van der Waals surface area contributed by atoms with Gasteiger partial charge in [-0.2, -0.15) is 0 Å². The number of nitrogens with two attached hydrogens (primary N) is 1. The van der Waals surface area contributed by atoms with E-state index in [9.17, 15) is 8.42 Å². The number of nitrogens with one attached hydrogen (secondary N) is 1. The fourth-order valence-electron chi connectivity index (χ4n) is 1.37. The van der Waals surface area contributed by atoms with E-state index in [0.29, 0.717) is 5.56 Å². The number of nitrogens with zero attached hydrogens (tertiary/aromatic N) is 2. The fraction of sp³-hybridized carbons (Fsp3) is 0.556. The van der Waals surface area contributed by atoms with Crippen LogP contribution in [0, 0.1) is 0 Å². The molecule has 16 heavy (non-hydrogen) atoms. The van der Waals surface area contributed by atoms with E-state index in [1.165, 1.54) is 12.6 Å². The van der Waals surface area contributed by atoms with E-state index in [1.54, 1.807) is 26.2 Å². The first-order valence-electron chi connectivity index (χ1n) is 4.71. The maximum absolute atomic E-state index is 11.7. The lowest BCUT2D eigenvalue weighted by Gasteiger charge is -2.31. The molecule has 1 heterocycles. The third kappa shape index (κ3) is 2.37. The first kappa shape index (κ1) is 13.0. The van der Waals surface area contributed by atoms with Crippen LogP contribution < -0.4 is 11.3 Å². The third-order valence-corrected chi connectivity index (χ3v) is 4.88. The molecule has 0 spiro atoms. The van der Waals surface area contributed by atoms with Crippen molar-refractivity contribution < 1.29 is 8.42 Å². The average Bonchev–Trinajstić information content (AvgIpc) is 2.18. The molecule has 0 aromatic carbocycles. The Labute approximate surface area is 95.2 Å². The zero-order valence-corrected chi connectivity index (χ0v) is 10.3. The summed E-state index contributed by atoms with van der Waals surface area (Å²) in [6, 6.07) is -0.552. The van der Waals surface area contributed by atoms with Crippen molar-refractivity contribution in [1.29, 1.82) is 0 Å². The molecular weight excluding hydrogens is 228 g/mol. The molecule has 0 radical (unpaired) electrons. The first-order chi connectivity index (χ1) is 7.30. The van der Waals surface area contributed by atoms with Crippen LogP contribution in [0.3, 0.4) is 0 Å². The minimum Gasteiger partial charge on any atom is -0.271 e. The van der Waals surface area contributed by atoms with Crippen LogP contribution in [0.2, 0.25) is 0 Å². The Hall–Kier alpha value is -1.05. The van der Waals surface area contributed by atoms with Crippen LogP contribution in [0.15, 0.2) is 18.7 Å². The molecule has 0 saturated heterocycles. The van der Waals surface area contributed by atoms with E-state index in [-0.39, 0.29) is 0 Å². The van der Waals surface area contributed by atoms with Crippen molar-refractivity contribution in [2.75, 3.05) is 6.26 Å². The third-order valence-electron chi connectivity index (χ3n) is 2.73. The molecule has 0 aliphatic carbocycles. The molecule has 0 bridgehead atoms. The van der Waals surface area contributed by atoms with Gasteiger partial charge in [0.2, 0.25) is 0 Å². The van der Waals surface area contributed by atoms with Crippen molar-refractivity contribution in [2.45, 2.75) is 24.6 Å². The highest BCUT2D eigenvalue weighted by atomic mass is 32.2. The Balaban J connectivity index is 3.19. The predicted molar refractivity (Wildman–Crippen MR) is 61.0 cm³/mol. The van der Waals surface area contributed by atoms with Gasteiger partial charge in [0, 0.05) is 24.2 Å². The highest BCUT2D eigenvalue weighted by molar-refractivity contribution is 7.92. The number of sulfone groups is 1. The molecule has 7 heteroatoms. The summed E-state index contributed by atoms with van der Waals surface area (Å²) in [6.07, 6.45) is 5.65. The van der Waals surface area contributed by atoms with Gasteiger partial charge in [-0.3, -0.25) is 11.3 Å². The van der Waals surface area contributed by atoms with Crippen LogP contribution >= 0.6 is 0 Å². The standard InChI is InChI=1S/C9H16N4O2S/c1-9(2,16(3,14)15)8(13-10)7-4-11-6-12-5-7/h4-6,8,13H,10H2,1-3H3. The second-order valence-corrected chi connectivity index (χ2v) is 6.74. The van der Waals surface area contributed by atoms with Crippen LogP contribution in [0.1, 0.15) is 25.5 Å². The van der Waals surface area contributed by atoms with Gasteiger partial charge < -0.3 is 0 Å². The van der Waals surface area contributed by atoms with Gasteiger partial charge in [0.15, 0.2) is 9.84 Å².